The van der Waals surface area contributed by atoms with Gasteiger partial charge >= 0.3 is 5.97 Å². The van der Waals surface area contributed by atoms with Gasteiger partial charge in [0.05, 0.1) is 5.56 Å². The molecule has 1 N–H and O–H groups in total. The number of ether oxygens (including phenoxy) is 1. The van der Waals surface area contributed by atoms with Gasteiger partial charge in [-0.25, -0.2) is 4.79 Å². The highest BCUT2D eigenvalue weighted by Gasteiger charge is 2.25. The van der Waals surface area contributed by atoms with Crippen LogP contribution in [0.4, 0.5) is 5.69 Å². The van der Waals surface area contributed by atoms with E-state index in [1.165, 1.54) is 0 Å². The molecule has 1 aromatic carbocycles. The molecule has 1 atom stereocenters. The Morgan fingerprint density at radius 3 is 2.67 bits per heavy atom. The van der Waals surface area contributed by atoms with E-state index >= 15 is 0 Å². The molecule has 0 saturated carbocycles. The molecule has 1 amide bonds. The lowest BCUT2D eigenvalue weighted by atomic mass is 10.1. The van der Waals surface area contributed by atoms with Gasteiger partial charge in [-0.15, -0.1) is 0 Å². The van der Waals surface area contributed by atoms with Gasteiger partial charge in [0, 0.05) is 19.3 Å². The topological polar surface area (TPSA) is 58.6 Å². The van der Waals surface area contributed by atoms with E-state index in [2.05, 4.69) is 5.32 Å². The van der Waals surface area contributed by atoms with Gasteiger partial charge in [-0.2, -0.15) is 0 Å². The summed E-state index contributed by atoms with van der Waals surface area (Å²) in [7, 11) is 1.76. The molecule has 0 aliphatic carbocycles. The summed E-state index contributed by atoms with van der Waals surface area (Å²) in [6.07, 6.45) is 0. The second kappa shape index (κ2) is 5.39. The highest BCUT2D eigenvalue weighted by atomic mass is 16.6. The van der Waals surface area contributed by atoms with E-state index in [0.717, 1.165) is 11.3 Å². The Kier molecular flexibility index (Phi) is 3.94. The third kappa shape index (κ3) is 3.54. The van der Waals surface area contributed by atoms with E-state index in [0.29, 0.717) is 12.1 Å². The fraction of sp³-hybridized carbons (Fsp3) is 0.500. The first-order valence-electron chi connectivity index (χ1n) is 7.05. The number of nitrogens with one attached hydrogen (secondary N) is 1. The summed E-state index contributed by atoms with van der Waals surface area (Å²) in [5.41, 5.74) is 1.77. The lowest BCUT2D eigenvalue weighted by Gasteiger charge is -2.20. The number of likely N-dealkylation sites (N-methyl/N-ethyl adjacent to an activating group) is 1. The van der Waals surface area contributed by atoms with Gasteiger partial charge in [0.15, 0.2) is 0 Å². The minimum atomic E-state index is -0.524. The van der Waals surface area contributed by atoms with Crippen molar-refractivity contribution in [3.8, 4) is 0 Å². The summed E-state index contributed by atoms with van der Waals surface area (Å²) in [5, 5.41) is 3.17. The lowest BCUT2D eigenvalue weighted by molar-refractivity contribution is -0.130. The maximum absolute atomic E-state index is 12.1. The van der Waals surface area contributed by atoms with Crippen LogP contribution in [-0.2, 0) is 16.1 Å². The normalized spacial score (nSPS) is 18.6. The molecule has 0 saturated heterocycles. The zero-order valence-electron chi connectivity index (χ0n) is 13.2. The van der Waals surface area contributed by atoms with Gasteiger partial charge in [-0.3, -0.25) is 4.79 Å². The van der Waals surface area contributed by atoms with Crippen molar-refractivity contribution in [2.24, 2.45) is 0 Å². The highest BCUT2D eigenvalue weighted by molar-refractivity contribution is 5.91. The molecule has 5 heteroatoms. The van der Waals surface area contributed by atoms with E-state index in [1.807, 2.05) is 33.8 Å². The van der Waals surface area contributed by atoms with Crippen molar-refractivity contribution in [1.29, 1.82) is 0 Å². The summed E-state index contributed by atoms with van der Waals surface area (Å²) in [6, 6.07) is 5.07. The van der Waals surface area contributed by atoms with Crippen molar-refractivity contribution in [3.63, 3.8) is 0 Å². The predicted octanol–water partition coefficient (Wildman–Crippen LogP) is 2.41. The van der Waals surface area contributed by atoms with Crippen LogP contribution in [0.15, 0.2) is 18.2 Å². The average Bonchev–Trinajstić information content (AvgIpc) is 2.46. The van der Waals surface area contributed by atoms with Gasteiger partial charge in [-0.05, 0) is 51.5 Å². The van der Waals surface area contributed by atoms with E-state index in [1.54, 1.807) is 24.1 Å². The van der Waals surface area contributed by atoms with Crippen LogP contribution in [0.3, 0.4) is 0 Å². The van der Waals surface area contributed by atoms with Crippen molar-refractivity contribution in [2.75, 3.05) is 12.4 Å². The third-order valence-corrected chi connectivity index (χ3v) is 3.27. The standard InChI is InChI=1S/C16H22N2O3/c1-10-14(19)18(5)9-12-8-11(6-7-13(12)17-10)15(20)21-16(2,3)4/h6-8,10,17H,9H2,1-5H3/t10-/m1/s1. The number of benzene rings is 1. The summed E-state index contributed by atoms with van der Waals surface area (Å²) in [5.74, 6) is -0.318. The van der Waals surface area contributed by atoms with Gasteiger partial charge < -0.3 is 15.0 Å². The third-order valence-electron chi connectivity index (χ3n) is 3.27. The maximum atomic E-state index is 12.1. The van der Waals surface area contributed by atoms with Crippen molar-refractivity contribution in [3.05, 3.63) is 29.3 Å². The monoisotopic (exact) mass is 290 g/mol. The molecule has 114 valence electrons. The van der Waals surface area contributed by atoms with Crippen LogP contribution in [0.25, 0.3) is 0 Å². The fourth-order valence-corrected chi connectivity index (χ4v) is 2.29. The molecular weight excluding hydrogens is 268 g/mol. The van der Waals surface area contributed by atoms with Crippen molar-refractivity contribution < 1.29 is 14.3 Å². The molecule has 21 heavy (non-hydrogen) atoms. The first-order chi connectivity index (χ1) is 9.67. The number of amides is 1. The quantitative estimate of drug-likeness (QED) is 0.807. The molecule has 2 rings (SSSR count). The Labute approximate surface area is 125 Å². The summed E-state index contributed by atoms with van der Waals surface area (Å²) < 4.78 is 5.38. The number of nitrogens with zero attached hydrogens (tertiary/aromatic N) is 1. The van der Waals surface area contributed by atoms with Crippen molar-refractivity contribution in [2.45, 2.75) is 45.9 Å². The number of anilines is 1. The largest absolute Gasteiger partial charge is 0.456 e. The number of fused-ring (bicyclic) bond motifs is 1. The number of carbonyl (C=O) groups is 2. The molecule has 0 unspecified atom stereocenters. The molecule has 0 aromatic heterocycles. The van der Waals surface area contributed by atoms with Gasteiger partial charge in [0.25, 0.3) is 0 Å². The molecule has 0 bridgehead atoms. The van der Waals surface area contributed by atoms with Crippen LogP contribution in [0.5, 0.6) is 0 Å². The van der Waals surface area contributed by atoms with Crippen LogP contribution in [0, 0.1) is 0 Å². The van der Waals surface area contributed by atoms with Crippen LogP contribution in [0.2, 0.25) is 0 Å². The second-order valence-electron chi connectivity index (χ2n) is 6.43. The van der Waals surface area contributed by atoms with E-state index in [4.69, 9.17) is 4.74 Å². The molecule has 0 radical (unpaired) electrons. The summed E-state index contributed by atoms with van der Waals surface area (Å²) >= 11 is 0. The van der Waals surface area contributed by atoms with Crippen molar-refractivity contribution in [1.82, 2.24) is 4.90 Å². The van der Waals surface area contributed by atoms with E-state index in [9.17, 15) is 9.59 Å². The zero-order valence-corrected chi connectivity index (χ0v) is 13.2. The Balaban J connectivity index is 2.29. The highest BCUT2D eigenvalue weighted by Crippen LogP contribution is 2.24. The molecule has 1 aromatic rings. The van der Waals surface area contributed by atoms with Crippen molar-refractivity contribution >= 4 is 17.6 Å². The summed E-state index contributed by atoms with van der Waals surface area (Å²) in [4.78, 5) is 25.8. The summed E-state index contributed by atoms with van der Waals surface area (Å²) in [6.45, 7) is 7.82. The Hall–Kier alpha value is -2.04. The van der Waals surface area contributed by atoms with Crippen LogP contribution < -0.4 is 5.32 Å². The minimum absolute atomic E-state index is 0.0324. The molecule has 1 aliphatic heterocycles. The van der Waals surface area contributed by atoms with E-state index < -0.39 is 5.60 Å². The zero-order chi connectivity index (χ0) is 15.8. The molecule has 0 spiro atoms. The Morgan fingerprint density at radius 1 is 1.38 bits per heavy atom. The smallest absolute Gasteiger partial charge is 0.338 e. The average molecular weight is 290 g/mol. The second-order valence-corrected chi connectivity index (χ2v) is 6.43. The maximum Gasteiger partial charge on any atom is 0.338 e. The van der Waals surface area contributed by atoms with Gasteiger partial charge in [-0.1, -0.05) is 0 Å². The molecule has 5 nitrogen and oxygen atoms in total. The lowest BCUT2D eigenvalue weighted by Crippen LogP contribution is -2.35. The number of esters is 1. The van der Waals surface area contributed by atoms with E-state index in [-0.39, 0.29) is 17.9 Å². The molecular formula is C16H22N2O3. The molecule has 1 heterocycles. The number of hydrogen-bond acceptors (Lipinski definition) is 4. The Morgan fingerprint density at radius 2 is 2.05 bits per heavy atom. The number of carbonyl (C=O) groups excluding carboxylic acids is 2. The molecule has 0 fully saturated rings. The first-order valence-corrected chi connectivity index (χ1v) is 7.05. The van der Waals surface area contributed by atoms with Gasteiger partial charge in [0.2, 0.25) is 5.91 Å². The number of rotatable bonds is 1. The van der Waals surface area contributed by atoms with Crippen LogP contribution in [0.1, 0.15) is 43.6 Å². The predicted molar refractivity (Wildman–Crippen MR) is 81.2 cm³/mol. The first kappa shape index (κ1) is 15.4. The van der Waals surface area contributed by atoms with Crippen LogP contribution >= 0.6 is 0 Å². The SMILES string of the molecule is C[C@H]1Nc2ccc(C(=O)OC(C)(C)C)cc2CN(C)C1=O. The minimum Gasteiger partial charge on any atom is -0.456 e. The van der Waals surface area contributed by atoms with Crippen LogP contribution in [-0.4, -0.2) is 35.5 Å². The number of hydrogen-bond donors (Lipinski definition) is 1. The Bertz CT molecular complexity index is 575. The van der Waals surface area contributed by atoms with Gasteiger partial charge in [0.1, 0.15) is 11.6 Å². The fourth-order valence-electron chi connectivity index (χ4n) is 2.29. The molecule has 1 aliphatic rings.